The lowest BCUT2D eigenvalue weighted by atomic mass is 9.67. The first-order chi connectivity index (χ1) is 17.7. The first-order valence-corrected chi connectivity index (χ1v) is 13.2. The summed E-state index contributed by atoms with van der Waals surface area (Å²) in [5.41, 5.74) is 1.51. The molecule has 188 valence electrons. The van der Waals surface area contributed by atoms with E-state index in [0.717, 1.165) is 56.2 Å². The van der Waals surface area contributed by atoms with Crippen molar-refractivity contribution < 1.29 is 14.1 Å². The molecule has 0 saturated heterocycles. The lowest BCUT2D eigenvalue weighted by Gasteiger charge is -2.45. The van der Waals surface area contributed by atoms with Gasteiger partial charge >= 0.3 is 5.97 Å². The summed E-state index contributed by atoms with van der Waals surface area (Å²) in [7, 11) is 0. The van der Waals surface area contributed by atoms with E-state index >= 15 is 0 Å². The monoisotopic (exact) mass is 485 g/mol. The fraction of sp³-hybridized carbons (Fsp3) is 0.433. The van der Waals surface area contributed by atoms with Crippen molar-refractivity contribution >= 4 is 5.97 Å². The highest BCUT2D eigenvalue weighted by atomic mass is 16.5. The van der Waals surface area contributed by atoms with Crippen molar-refractivity contribution in [3.63, 3.8) is 0 Å². The number of benzene rings is 2. The summed E-state index contributed by atoms with van der Waals surface area (Å²) in [6, 6.07) is 20.0. The number of nitrogens with zero attached hydrogens (tertiary/aromatic N) is 2. The number of carbonyl (C=O) groups excluding carboxylic acids is 1. The zero-order chi connectivity index (χ0) is 24.8. The van der Waals surface area contributed by atoms with Crippen LogP contribution >= 0.6 is 0 Å². The van der Waals surface area contributed by atoms with E-state index < -0.39 is 5.41 Å². The van der Waals surface area contributed by atoms with E-state index in [9.17, 15) is 4.79 Å². The largest absolute Gasteiger partial charge is 0.461 e. The first-order valence-electron chi connectivity index (χ1n) is 13.2. The van der Waals surface area contributed by atoms with Crippen LogP contribution in [-0.2, 0) is 21.5 Å². The van der Waals surface area contributed by atoms with Gasteiger partial charge in [0, 0.05) is 11.5 Å². The molecule has 3 aromatic rings. The summed E-state index contributed by atoms with van der Waals surface area (Å²) in [6.45, 7) is 5.32. The molecule has 2 aliphatic carbocycles. The van der Waals surface area contributed by atoms with Crippen LogP contribution < -0.4 is 5.32 Å². The molecule has 6 nitrogen and oxygen atoms in total. The molecule has 2 aromatic carbocycles. The second-order valence-electron chi connectivity index (χ2n) is 10.1. The normalized spacial score (nSPS) is 22.9. The van der Waals surface area contributed by atoms with Crippen LogP contribution in [0, 0.1) is 11.8 Å². The van der Waals surface area contributed by atoms with Crippen LogP contribution in [0.3, 0.4) is 0 Å². The van der Waals surface area contributed by atoms with Crippen LogP contribution in [0.15, 0.2) is 77.8 Å². The van der Waals surface area contributed by atoms with E-state index in [-0.39, 0.29) is 18.0 Å². The lowest BCUT2D eigenvalue weighted by Crippen LogP contribution is -2.49. The minimum Gasteiger partial charge on any atom is -0.461 e. The van der Waals surface area contributed by atoms with E-state index in [0.29, 0.717) is 24.2 Å². The van der Waals surface area contributed by atoms with Gasteiger partial charge in [-0.3, -0.25) is 4.79 Å². The van der Waals surface area contributed by atoms with Gasteiger partial charge in [0.2, 0.25) is 0 Å². The summed E-state index contributed by atoms with van der Waals surface area (Å²) in [6.07, 6.45) is 8.77. The van der Waals surface area contributed by atoms with E-state index in [1.165, 1.54) is 6.42 Å². The molecule has 2 saturated carbocycles. The van der Waals surface area contributed by atoms with Gasteiger partial charge < -0.3 is 14.6 Å². The Kier molecular flexibility index (Phi) is 7.61. The molecule has 1 N–H and O–H groups in total. The van der Waals surface area contributed by atoms with Gasteiger partial charge in [0.05, 0.1) is 12.0 Å². The second-order valence-corrected chi connectivity index (χ2v) is 10.1. The molecule has 2 aliphatic rings. The maximum absolute atomic E-state index is 13.6. The molecule has 6 heteroatoms. The van der Waals surface area contributed by atoms with Crippen molar-refractivity contribution in [2.75, 3.05) is 6.54 Å². The molecule has 2 unspecified atom stereocenters. The highest BCUT2D eigenvalue weighted by molar-refractivity contribution is 5.83. The Morgan fingerprint density at radius 3 is 2.53 bits per heavy atom. The van der Waals surface area contributed by atoms with Crippen molar-refractivity contribution in [3.05, 3.63) is 84.7 Å². The summed E-state index contributed by atoms with van der Waals surface area (Å²) in [5.74, 6) is 1.77. The van der Waals surface area contributed by atoms with Crippen LogP contribution in [0.25, 0.3) is 11.5 Å². The maximum atomic E-state index is 13.6. The molecule has 2 fully saturated rings. The molecule has 1 aromatic heterocycles. The molecular formula is C30H35N3O3. The van der Waals surface area contributed by atoms with Gasteiger partial charge in [-0.05, 0) is 55.8 Å². The minimum atomic E-state index is -0.503. The molecular weight excluding hydrogens is 450 g/mol. The van der Waals surface area contributed by atoms with Crippen molar-refractivity contribution in [2.24, 2.45) is 11.8 Å². The number of esters is 1. The summed E-state index contributed by atoms with van der Waals surface area (Å²) in [4.78, 5) is 18.1. The number of hydrogen-bond donors (Lipinski definition) is 1. The number of rotatable bonds is 10. The van der Waals surface area contributed by atoms with Crippen LogP contribution in [0.2, 0.25) is 0 Å². The fourth-order valence-electron chi connectivity index (χ4n) is 5.77. The zero-order valence-corrected chi connectivity index (χ0v) is 20.8. The Hall–Kier alpha value is -3.25. The zero-order valence-electron chi connectivity index (χ0n) is 20.8. The third kappa shape index (κ3) is 5.14. The van der Waals surface area contributed by atoms with Gasteiger partial charge in [0.25, 0.3) is 5.89 Å². The van der Waals surface area contributed by atoms with Gasteiger partial charge in [-0.25, -0.2) is 0 Å². The quantitative estimate of drug-likeness (QED) is 0.220. The van der Waals surface area contributed by atoms with E-state index in [1.54, 1.807) is 0 Å². The number of allylic oxidation sites excluding steroid dienone is 1. The molecule has 0 radical (unpaired) electrons. The molecule has 0 bridgehead atoms. The number of hydrogen-bond acceptors (Lipinski definition) is 6. The topological polar surface area (TPSA) is 77.2 Å². The highest BCUT2D eigenvalue weighted by Crippen LogP contribution is 2.45. The molecule has 5 rings (SSSR count). The highest BCUT2D eigenvalue weighted by Gasteiger charge is 2.47. The van der Waals surface area contributed by atoms with Crippen molar-refractivity contribution in [1.29, 1.82) is 0 Å². The fourth-order valence-corrected chi connectivity index (χ4v) is 5.77. The van der Waals surface area contributed by atoms with Crippen molar-refractivity contribution in [1.82, 2.24) is 15.5 Å². The number of ether oxygens (including phenoxy) is 1. The van der Waals surface area contributed by atoms with Gasteiger partial charge in [-0.15, -0.1) is 6.58 Å². The predicted octanol–water partition coefficient (Wildman–Crippen LogP) is 5.85. The lowest BCUT2D eigenvalue weighted by molar-refractivity contribution is -0.170. The summed E-state index contributed by atoms with van der Waals surface area (Å²) >= 11 is 0. The Balaban J connectivity index is 1.16. The molecule has 1 heterocycles. The Labute approximate surface area is 213 Å². The Morgan fingerprint density at radius 1 is 1.08 bits per heavy atom. The minimum absolute atomic E-state index is 0.0425. The Bertz CT molecular complexity index is 1140. The van der Waals surface area contributed by atoms with Crippen LogP contribution in [0.5, 0.6) is 0 Å². The number of nitrogens with one attached hydrogen (secondary N) is 1. The predicted molar refractivity (Wildman–Crippen MR) is 139 cm³/mol. The van der Waals surface area contributed by atoms with Gasteiger partial charge in [0.1, 0.15) is 6.10 Å². The molecule has 0 amide bonds. The third-order valence-electron chi connectivity index (χ3n) is 7.94. The molecule has 0 spiro atoms. The van der Waals surface area contributed by atoms with Crippen LogP contribution in [-0.4, -0.2) is 28.8 Å². The number of carbonyl (C=O) groups is 1. The molecule has 0 aliphatic heterocycles. The summed E-state index contributed by atoms with van der Waals surface area (Å²) in [5, 5.41) is 7.50. The third-order valence-corrected chi connectivity index (χ3v) is 7.94. The smallest absolute Gasteiger partial charge is 0.316 e. The second kappa shape index (κ2) is 11.2. The van der Waals surface area contributed by atoms with E-state index in [1.807, 2.05) is 54.6 Å². The van der Waals surface area contributed by atoms with Gasteiger partial charge in [-0.2, -0.15) is 4.98 Å². The number of aromatic nitrogens is 2. The van der Waals surface area contributed by atoms with Crippen LogP contribution in [0.1, 0.15) is 56.3 Å². The average molecular weight is 486 g/mol. The molecule has 3 atom stereocenters. The van der Waals surface area contributed by atoms with Crippen molar-refractivity contribution in [3.8, 4) is 11.5 Å². The molecule has 36 heavy (non-hydrogen) atoms. The SMILES string of the molecule is C=CC1C[C@H](OC(=O)C2(c3ccccc3)CCCCC2)C1CCNCc1noc(-c2ccccc2)n1. The maximum Gasteiger partial charge on any atom is 0.316 e. The summed E-state index contributed by atoms with van der Waals surface area (Å²) < 4.78 is 11.6. The van der Waals surface area contributed by atoms with Crippen molar-refractivity contribution in [2.45, 2.75) is 63.0 Å². The first kappa shape index (κ1) is 24.4. The standard InChI is InChI=1S/C30H35N3O3/c1-2-22-20-26(35-29(34)30(17-10-5-11-18-30)24-14-8-4-9-15-24)25(22)16-19-31-21-27-32-28(36-33-27)23-12-6-3-7-13-23/h2-4,6-9,12-15,22,25-26,31H,1,5,10-11,16-21H2/t22?,25?,26-/m0/s1. The average Bonchev–Trinajstić information content (AvgIpc) is 3.41. The Morgan fingerprint density at radius 2 is 1.81 bits per heavy atom. The van der Waals surface area contributed by atoms with E-state index in [4.69, 9.17) is 9.26 Å². The van der Waals surface area contributed by atoms with Gasteiger partial charge in [-0.1, -0.05) is 79.0 Å². The van der Waals surface area contributed by atoms with Crippen LogP contribution in [0.4, 0.5) is 0 Å². The van der Waals surface area contributed by atoms with Gasteiger partial charge in [0.15, 0.2) is 5.82 Å². The van der Waals surface area contributed by atoms with E-state index in [2.05, 4.69) is 34.2 Å².